The van der Waals surface area contributed by atoms with Gasteiger partial charge in [0, 0.05) is 12.1 Å². The third-order valence-electron chi connectivity index (χ3n) is 4.02. The molecule has 1 aliphatic carbocycles. The van der Waals surface area contributed by atoms with Gasteiger partial charge in [-0.05, 0) is 42.9 Å². The second kappa shape index (κ2) is 5.42. The zero-order valence-electron chi connectivity index (χ0n) is 11.8. The number of sulfonamides is 1. The van der Waals surface area contributed by atoms with Crippen LogP contribution in [0.2, 0.25) is 0 Å². The lowest BCUT2D eigenvalue weighted by Crippen LogP contribution is -2.39. The first-order valence-electron chi connectivity index (χ1n) is 6.64. The fraction of sp³-hybridized carbons (Fsp3) is 0.500. The first-order valence-corrected chi connectivity index (χ1v) is 8.53. The minimum absolute atomic E-state index is 0.112. The molecule has 1 saturated carbocycles. The average Bonchev–Trinajstić information content (AvgIpc) is 2.33. The van der Waals surface area contributed by atoms with Crippen molar-refractivity contribution < 1.29 is 8.42 Å². The van der Waals surface area contributed by atoms with E-state index in [1.807, 2.05) is 0 Å². The van der Waals surface area contributed by atoms with Gasteiger partial charge in [-0.25, -0.2) is 13.1 Å². The van der Waals surface area contributed by atoms with Crippen LogP contribution in [0.1, 0.15) is 37.3 Å². The normalized spacial score (nSPS) is 17.5. The summed E-state index contributed by atoms with van der Waals surface area (Å²) in [6.07, 6.45) is 3.34. The predicted molar refractivity (Wildman–Crippen MR) is 84.2 cm³/mol. The maximum Gasteiger partial charge on any atom is 0.240 e. The first-order chi connectivity index (χ1) is 9.23. The Morgan fingerprint density at radius 2 is 2.10 bits per heavy atom. The molecule has 6 heteroatoms. The van der Waals surface area contributed by atoms with Crippen LogP contribution >= 0.6 is 12.2 Å². The molecule has 1 aliphatic rings. The van der Waals surface area contributed by atoms with Crippen molar-refractivity contribution in [2.45, 2.75) is 38.0 Å². The molecule has 0 aliphatic heterocycles. The lowest BCUT2D eigenvalue weighted by Gasteiger charge is -2.38. The second-order valence-electron chi connectivity index (χ2n) is 5.83. The molecule has 0 unspecified atom stereocenters. The Morgan fingerprint density at radius 3 is 2.55 bits per heavy atom. The van der Waals surface area contributed by atoms with Gasteiger partial charge in [0.05, 0.1) is 4.90 Å². The molecule has 20 heavy (non-hydrogen) atoms. The summed E-state index contributed by atoms with van der Waals surface area (Å²) < 4.78 is 27.3. The number of benzene rings is 1. The van der Waals surface area contributed by atoms with E-state index < -0.39 is 10.0 Å². The summed E-state index contributed by atoms with van der Waals surface area (Å²) in [5.41, 5.74) is 7.18. The molecule has 0 radical (unpaired) electrons. The zero-order valence-corrected chi connectivity index (χ0v) is 13.4. The fourth-order valence-corrected chi connectivity index (χ4v) is 3.90. The van der Waals surface area contributed by atoms with Crippen molar-refractivity contribution >= 4 is 27.2 Å². The van der Waals surface area contributed by atoms with Gasteiger partial charge in [0.15, 0.2) is 0 Å². The van der Waals surface area contributed by atoms with Crippen LogP contribution in [0.5, 0.6) is 0 Å². The lowest BCUT2D eigenvalue weighted by atomic mass is 9.71. The summed E-state index contributed by atoms with van der Waals surface area (Å²) in [5, 5.41) is 0. The van der Waals surface area contributed by atoms with E-state index in [1.165, 1.54) is 6.42 Å². The number of nitrogens with one attached hydrogen (secondary N) is 1. The number of rotatable bonds is 5. The number of hydrogen-bond acceptors (Lipinski definition) is 3. The number of thiocarbonyl (C=S) groups is 1. The predicted octanol–water partition coefficient (Wildman–Crippen LogP) is 2.10. The molecule has 110 valence electrons. The Morgan fingerprint density at radius 1 is 1.45 bits per heavy atom. The largest absolute Gasteiger partial charge is 0.389 e. The highest BCUT2D eigenvalue weighted by Crippen LogP contribution is 2.39. The van der Waals surface area contributed by atoms with Gasteiger partial charge in [-0.2, -0.15) is 0 Å². The fourth-order valence-electron chi connectivity index (χ4n) is 2.39. The number of aryl methyl sites for hydroxylation is 1. The van der Waals surface area contributed by atoms with Gasteiger partial charge in [0.1, 0.15) is 4.99 Å². The van der Waals surface area contributed by atoms with Crippen LogP contribution < -0.4 is 10.5 Å². The Balaban J connectivity index is 2.17. The summed E-state index contributed by atoms with van der Waals surface area (Å²) in [6.45, 7) is 4.41. The third-order valence-corrected chi connectivity index (χ3v) is 5.64. The molecule has 1 fully saturated rings. The Labute approximate surface area is 125 Å². The highest BCUT2D eigenvalue weighted by Gasteiger charge is 2.33. The Hall–Kier alpha value is -0.980. The quantitative estimate of drug-likeness (QED) is 0.817. The van der Waals surface area contributed by atoms with Crippen molar-refractivity contribution in [3.8, 4) is 0 Å². The number of nitrogens with two attached hydrogens (primary N) is 1. The van der Waals surface area contributed by atoms with Crippen molar-refractivity contribution in [1.29, 1.82) is 0 Å². The highest BCUT2D eigenvalue weighted by atomic mass is 32.2. The maximum atomic E-state index is 12.3. The first kappa shape index (κ1) is 15.4. The Bertz CT molecular complexity index is 635. The van der Waals surface area contributed by atoms with Crippen LogP contribution in [0.4, 0.5) is 0 Å². The van der Waals surface area contributed by atoms with E-state index >= 15 is 0 Å². The van der Waals surface area contributed by atoms with Crippen molar-refractivity contribution in [2.24, 2.45) is 11.1 Å². The molecule has 1 aromatic rings. The van der Waals surface area contributed by atoms with Crippen molar-refractivity contribution in [3.63, 3.8) is 0 Å². The van der Waals surface area contributed by atoms with Gasteiger partial charge in [-0.15, -0.1) is 0 Å². The van der Waals surface area contributed by atoms with Crippen molar-refractivity contribution in [1.82, 2.24) is 4.72 Å². The van der Waals surface area contributed by atoms with Crippen LogP contribution in [0.25, 0.3) is 0 Å². The summed E-state index contributed by atoms with van der Waals surface area (Å²) >= 11 is 4.92. The van der Waals surface area contributed by atoms with Gasteiger partial charge in [0.25, 0.3) is 0 Å². The summed E-state index contributed by atoms with van der Waals surface area (Å²) in [6, 6.07) is 4.82. The highest BCUT2D eigenvalue weighted by molar-refractivity contribution is 7.89. The van der Waals surface area contributed by atoms with Crippen LogP contribution in [0.15, 0.2) is 23.1 Å². The van der Waals surface area contributed by atoms with Crippen molar-refractivity contribution in [2.75, 3.05) is 6.54 Å². The van der Waals surface area contributed by atoms with E-state index in [2.05, 4.69) is 11.6 Å². The molecule has 0 saturated heterocycles. The van der Waals surface area contributed by atoms with Crippen LogP contribution in [-0.4, -0.2) is 20.0 Å². The molecule has 0 bridgehead atoms. The lowest BCUT2D eigenvalue weighted by molar-refractivity contribution is 0.166. The van der Waals surface area contributed by atoms with Gasteiger partial charge >= 0.3 is 0 Å². The molecule has 1 aromatic carbocycles. The SMILES string of the molecule is Cc1cc(S(=O)(=O)NCC2(C)CCC2)ccc1C(N)=S. The van der Waals surface area contributed by atoms with E-state index in [0.717, 1.165) is 18.4 Å². The molecule has 0 aromatic heterocycles. The Kier molecular flexibility index (Phi) is 4.18. The average molecular weight is 312 g/mol. The van der Waals surface area contributed by atoms with Crippen LogP contribution in [0.3, 0.4) is 0 Å². The zero-order chi connectivity index (χ0) is 15.0. The van der Waals surface area contributed by atoms with E-state index in [1.54, 1.807) is 25.1 Å². The topological polar surface area (TPSA) is 72.2 Å². The monoisotopic (exact) mass is 312 g/mol. The van der Waals surface area contributed by atoms with Crippen LogP contribution in [0, 0.1) is 12.3 Å². The van der Waals surface area contributed by atoms with Crippen LogP contribution in [-0.2, 0) is 10.0 Å². The van der Waals surface area contributed by atoms with E-state index in [9.17, 15) is 8.42 Å². The molecule has 2 rings (SSSR count). The molecule has 0 spiro atoms. The minimum atomic E-state index is -3.47. The summed E-state index contributed by atoms with van der Waals surface area (Å²) in [7, 11) is -3.47. The smallest absolute Gasteiger partial charge is 0.240 e. The molecular weight excluding hydrogens is 292 g/mol. The molecule has 4 nitrogen and oxygen atoms in total. The third kappa shape index (κ3) is 3.19. The molecular formula is C14H20N2O2S2. The maximum absolute atomic E-state index is 12.3. The van der Waals surface area contributed by atoms with Gasteiger partial charge in [-0.3, -0.25) is 0 Å². The summed E-state index contributed by atoms with van der Waals surface area (Å²) in [5.74, 6) is 0. The van der Waals surface area contributed by atoms with E-state index in [4.69, 9.17) is 18.0 Å². The van der Waals surface area contributed by atoms with E-state index in [-0.39, 0.29) is 15.3 Å². The van der Waals surface area contributed by atoms with Gasteiger partial charge in [-0.1, -0.05) is 31.6 Å². The molecule has 0 heterocycles. The van der Waals surface area contributed by atoms with E-state index in [0.29, 0.717) is 12.1 Å². The molecule has 3 N–H and O–H groups in total. The van der Waals surface area contributed by atoms with Gasteiger partial charge < -0.3 is 5.73 Å². The minimum Gasteiger partial charge on any atom is -0.389 e. The molecule has 0 atom stereocenters. The number of hydrogen-bond donors (Lipinski definition) is 2. The summed E-state index contributed by atoms with van der Waals surface area (Å²) in [4.78, 5) is 0.541. The second-order valence-corrected chi connectivity index (χ2v) is 8.04. The standard InChI is InChI=1S/C14H20N2O2S2/c1-10-8-11(4-5-12(10)13(15)19)20(17,18)16-9-14(2)6-3-7-14/h4-5,8,16H,3,6-7,9H2,1-2H3,(H2,15,19). The van der Waals surface area contributed by atoms with Crippen molar-refractivity contribution in [3.05, 3.63) is 29.3 Å². The van der Waals surface area contributed by atoms with Gasteiger partial charge in [0.2, 0.25) is 10.0 Å². The molecule has 0 amide bonds.